The zero-order valence-electron chi connectivity index (χ0n) is 9.38. The molecule has 4 heteroatoms. The summed E-state index contributed by atoms with van der Waals surface area (Å²) in [5.74, 6) is 0. The maximum atomic E-state index is 5.63. The van der Waals surface area contributed by atoms with Crippen LogP contribution in [0.1, 0.15) is 41.5 Å². The lowest BCUT2D eigenvalue weighted by molar-refractivity contribution is 0.00578. The van der Waals surface area contributed by atoms with Crippen molar-refractivity contribution < 1.29 is 14.0 Å². The largest absolute Gasteiger partial charge is 0.564 e. The van der Waals surface area contributed by atoms with Gasteiger partial charge in [0.05, 0.1) is 0 Å². The molecule has 0 unspecified atom stereocenters. The summed E-state index contributed by atoms with van der Waals surface area (Å²) in [7, 11) is -0.523. The Morgan fingerprint density at radius 2 is 1.38 bits per heavy atom. The Balaban J connectivity index is 2.60. The van der Waals surface area contributed by atoms with Crippen LogP contribution in [0.25, 0.3) is 0 Å². The van der Waals surface area contributed by atoms with Gasteiger partial charge in [0.2, 0.25) is 0 Å². The van der Waals surface area contributed by atoms with E-state index >= 15 is 0 Å². The van der Waals surface area contributed by atoms with Crippen molar-refractivity contribution in [2.75, 3.05) is 0 Å². The summed E-state index contributed by atoms with van der Waals surface area (Å²) >= 11 is 0. The van der Waals surface area contributed by atoms with Crippen molar-refractivity contribution >= 4 is 7.32 Å². The predicted molar refractivity (Wildman–Crippen MR) is 52.3 cm³/mol. The number of rotatable bonds is 2. The predicted octanol–water partition coefficient (Wildman–Crippen LogP) is 2.00. The van der Waals surface area contributed by atoms with E-state index in [1.54, 1.807) is 0 Å². The summed E-state index contributed by atoms with van der Waals surface area (Å²) in [5.41, 5.74) is -0.598. The lowest BCUT2D eigenvalue weighted by Gasteiger charge is -2.37. The molecule has 0 saturated carbocycles. The van der Waals surface area contributed by atoms with E-state index in [1.165, 1.54) is 0 Å². The molecular formula is C9H19BO3-. The molecule has 0 bridgehead atoms. The molecule has 1 heterocycles. The van der Waals surface area contributed by atoms with Crippen LogP contribution in [0.3, 0.4) is 0 Å². The molecule has 0 N–H and O–H groups in total. The normalized spacial score (nSPS) is 27.0. The van der Waals surface area contributed by atoms with Crippen molar-refractivity contribution in [3.8, 4) is 0 Å². The molecule has 0 aromatic carbocycles. The van der Waals surface area contributed by atoms with Crippen molar-refractivity contribution in [1.29, 1.82) is 0 Å². The average Bonchev–Trinajstić information content (AvgIpc) is 1.98. The van der Waals surface area contributed by atoms with E-state index in [0.717, 1.165) is 0 Å². The fraction of sp³-hybridized carbons (Fsp3) is 1.00. The van der Waals surface area contributed by atoms with Gasteiger partial charge in [-0.15, -0.1) is 0 Å². The summed E-state index contributed by atoms with van der Waals surface area (Å²) in [6, 6.07) is 0. The van der Waals surface area contributed by atoms with Gasteiger partial charge in [-0.05, 0) is 41.5 Å². The van der Waals surface area contributed by atoms with E-state index in [0.29, 0.717) is 0 Å². The van der Waals surface area contributed by atoms with Gasteiger partial charge in [-0.3, -0.25) is 0 Å². The standard InChI is InChI=1S/C9H19BO3/c1-7(2)11-10-12-8(3,4)9(5,6)13-10/h7H,1-6H3/q-1. The molecule has 77 valence electrons. The fourth-order valence-corrected chi connectivity index (χ4v) is 1.07. The molecule has 0 atom stereocenters. The van der Waals surface area contributed by atoms with Crippen molar-refractivity contribution in [1.82, 2.24) is 0 Å². The second kappa shape index (κ2) is 3.26. The molecule has 1 rings (SSSR count). The molecule has 1 aliphatic rings. The molecule has 0 aromatic rings. The van der Waals surface area contributed by atoms with Crippen LogP contribution in [0.4, 0.5) is 0 Å². The minimum Gasteiger partial charge on any atom is -0.564 e. The maximum absolute atomic E-state index is 5.63. The summed E-state index contributed by atoms with van der Waals surface area (Å²) in [4.78, 5) is 0. The van der Waals surface area contributed by atoms with Crippen molar-refractivity contribution in [2.24, 2.45) is 0 Å². The third-order valence-electron chi connectivity index (χ3n) is 2.61. The second-order valence-electron chi connectivity index (χ2n) is 4.73. The zero-order chi connectivity index (χ0) is 10.3. The van der Waals surface area contributed by atoms with Gasteiger partial charge in [0.25, 0.3) is 0 Å². The molecule has 13 heavy (non-hydrogen) atoms. The van der Waals surface area contributed by atoms with Crippen LogP contribution in [0, 0.1) is 0 Å². The summed E-state index contributed by atoms with van der Waals surface area (Å²) < 4.78 is 16.7. The van der Waals surface area contributed by atoms with Gasteiger partial charge in [-0.2, -0.15) is 0 Å². The minimum atomic E-state index is -0.523. The number of hydrogen-bond donors (Lipinski definition) is 0. The SMILES string of the molecule is CC(C)O[B-]1OC(C)(C)C(C)(C)O1. The Bertz CT molecular complexity index is 173. The highest BCUT2D eigenvalue weighted by Gasteiger charge is 2.42. The van der Waals surface area contributed by atoms with E-state index in [-0.39, 0.29) is 17.3 Å². The Morgan fingerprint density at radius 1 is 1.00 bits per heavy atom. The van der Waals surface area contributed by atoms with Crippen LogP contribution in [0.2, 0.25) is 0 Å². The van der Waals surface area contributed by atoms with E-state index in [1.807, 2.05) is 41.5 Å². The first-order valence-electron chi connectivity index (χ1n) is 4.76. The van der Waals surface area contributed by atoms with Crippen LogP contribution in [-0.2, 0) is 14.0 Å². The monoisotopic (exact) mass is 186 g/mol. The first kappa shape index (κ1) is 11.0. The molecule has 0 amide bonds. The molecule has 0 aliphatic carbocycles. The van der Waals surface area contributed by atoms with Crippen LogP contribution >= 0.6 is 0 Å². The molecule has 0 aromatic heterocycles. The highest BCUT2D eigenvalue weighted by Crippen LogP contribution is 2.36. The smallest absolute Gasteiger partial charge is 0.305 e. The summed E-state index contributed by atoms with van der Waals surface area (Å²) in [6.45, 7) is 12.0. The highest BCUT2D eigenvalue weighted by molar-refractivity contribution is 6.37. The van der Waals surface area contributed by atoms with E-state index in [2.05, 4.69) is 0 Å². The Morgan fingerprint density at radius 3 is 1.69 bits per heavy atom. The van der Waals surface area contributed by atoms with Gasteiger partial charge in [0.1, 0.15) is 0 Å². The summed E-state index contributed by atoms with van der Waals surface area (Å²) in [6.07, 6.45) is 0.120. The lowest BCUT2D eigenvalue weighted by Crippen LogP contribution is -2.41. The van der Waals surface area contributed by atoms with Gasteiger partial charge in [0.15, 0.2) is 0 Å². The molecular weight excluding hydrogens is 167 g/mol. The summed E-state index contributed by atoms with van der Waals surface area (Å²) in [5, 5.41) is 0. The Kier molecular flexibility index (Phi) is 2.77. The van der Waals surface area contributed by atoms with E-state index in [4.69, 9.17) is 14.0 Å². The van der Waals surface area contributed by atoms with Gasteiger partial charge in [-0.25, -0.2) is 0 Å². The lowest BCUT2D eigenvalue weighted by atomic mass is 9.90. The zero-order valence-corrected chi connectivity index (χ0v) is 9.38. The molecule has 1 saturated heterocycles. The third kappa shape index (κ3) is 2.24. The molecule has 1 aliphatic heterocycles. The van der Waals surface area contributed by atoms with Crippen molar-refractivity contribution in [2.45, 2.75) is 58.8 Å². The van der Waals surface area contributed by atoms with Gasteiger partial charge >= 0.3 is 7.32 Å². The molecule has 0 spiro atoms. The van der Waals surface area contributed by atoms with Crippen molar-refractivity contribution in [3.63, 3.8) is 0 Å². The third-order valence-corrected chi connectivity index (χ3v) is 2.61. The van der Waals surface area contributed by atoms with E-state index < -0.39 is 7.32 Å². The Labute approximate surface area is 80.9 Å². The molecule has 1 radical (unpaired) electrons. The topological polar surface area (TPSA) is 27.7 Å². The van der Waals surface area contributed by atoms with Crippen molar-refractivity contribution in [3.05, 3.63) is 0 Å². The van der Waals surface area contributed by atoms with E-state index in [9.17, 15) is 0 Å². The van der Waals surface area contributed by atoms with Crippen LogP contribution in [0.5, 0.6) is 0 Å². The second-order valence-corrected chi connectivity index (χ2v) is 4.73. The Hall–Kier alpha value is -0.0551. The fourth-order valence-electron chi connectivity index (χ4n) is 1.07. The van der Waals surface area contributed by atoms with Crippen LogP contribution in [-0.4, -0.2) is 24.6 Å². The van der Waals surface area contributed by atoms with Gasteiger partial charge in [0, 0.05) is 17.3 Å². The number of hydrogen-bond acceptors (Lipinski definition) is 3. The van der Waals surface area contributed by atoms with Gasteiger partial charge < -0.3 is 14.0 Å². The quantitative estimate of drug-likeness (QED) is 0.617. The maximum Gasteiger partial charge on any atom is 0.305 e. The molecule has 1 fully saturated rings. The molecule has 3 nitrogen and oxygen atoms in total. The minimum absolute atomic E-state index is 0.120. The highest BCUT2D eigenvalue weighted by atomic mass is 16.8. The average molecular weight is 186 g/mol. The first-order chi connectivity index (χ1) is 5.74. The van der Waals surface area contributed by atoms with Crippen LogP contribution in [0.15, 0.2) is 0 Å². The first-order valence-corrected chi connectivity index (χ1v) is 4.76. The van der Waals surface area contributed by atoms with Gasteiger partial charge in [-0.1, -0.05) is 0 Å². The van der Waals surface area contributed by atoms with Crippen LogP contribution < -0.4 is 0 Å².